The minimum absolute atomic E-state index is 0.0117. The Hall–Kier alpha value is -1.51. The van der Waals surface area contributed by atoms with Crippen molar-refractivity contribution in [3.05, 3.63) is 65.2 Å². The van der Waals surface area contributed by atoms with E-state index >= 15 is 0 Å². The number of halogens is 1. The summed E-state index contributed by atoms with van der Waals surface area (Å²) >= 11 is 6.13. The molecule has 0 saturated heterocycles. The Morgan fingerprint density at radius 3 is 2.28 bits per heavy atom. The molecule has 2 aromatic carbocycles. The van der Waals surface area contributed by atoms with Gasteiger partial charge in [0.2, 0.25) is 0 Å². The van der Waals surface area contributed by atoms with Crippen molar-refractivity contribution in [2.24, 2.45) is 0 Å². The summed E-state index contributed by atoms with van der Waals surface area (Å²) in [6.45, 7) is 1.94. The van der Waals surface area contributed by atoms with E-state index in [0.717, 1.165) is 11.3 Å². The molecule has 1 unspecified atom stereocenters. The third kappa shape index (κ3) is 2.66. The van der Waals surface area contributed by atoms with Gasteiger partial charge in [-0.2, -0.15) is 0 Å². The summed E-state index contributed by atoms with van der Waals surface area (Å²) in [6.07, 6.45) is 0. The van der Waals surface area contributed by atoms with Crippen LogP contribution in [0.25, 0.3) is 0 Å². The molecular formula is C15H16ClNO. The van der Waals surface area contributed by atoms with E-state index in [1.807, 2.05) is 61.5 Å². The quantitative estimate of drug-likeness (QED) is 0.880. The van der Waals surface area contributed by atoms with E-state index in [4.69, 9.17) is 11.6 Å². The van der Waals surface area contributed by atoms with Crippen LogP contribution in [-0.2, 0) is 5.54 Å². The molecule has 0 aromatic heterocycles. The van der Waals surface area contributed by atoms with Crippen LogP contribution in [0.3, 0.4) is 0 Å². The van der Waals surface area contributed by atoms with Crippen molar-refractivity contribution >= 4 is 17.3 Å². The summed E-state index contributed by atoms with van der Waals surface area (Å²) in [5.74, 6) is 0. The summed E-state index contributed by atoms with van der Waals surface area (Å²) in [6, 6.07) is 17.4. The van der Waals surface area contributed by atoms with Crippen LogP contribution in [0, 0.1) is 0 Å². The number of aliphatic hydroxyl groups excluding tert-OH is 1. The molecule has 0 aliphatic heterocycles. The van der Waals surface area contributed by atoms with Gasteiger partial charge in [0.25, 0.3) is 0 Å². The summed E-state index contributed by atoms with van der Waals surface area (Å²) in [5.41, 5.74) is 1.29. The molecule has 0 radical (unpaired) electrons. The molecule has 1 atom stereocenters. The Labute approximate surface area is 112 Å². The first kappa shape index (κ1) is 12.9. The van der Waals surface area contributed by atoms with Crippen LogP contribution in [-0.4, -0.2) is 11.7 Å². The molecule has 94 valence electrons. The van der Waals surface area contributed by atoms with E-state index in [0.29, 0.717) is 5.02 Å². The van der Waals surface area contributed by atoms with Crippen LogP contribution in [0.5, 0.6) is 0 Å². The fourth-order valence-corrected chi connectivity index (χ4v) is 2.05. The molecule has 2 nitrogen and oxygen atoms in total. The van der Waals surface area contributed by atoms with E-state index in [1.165, 1.54) is 0 Å². The summed E-state index contributed by atoms with van der Waals surface area (Å²) in [4.78, 5) is 0. The van der Waals surface area contributed by atoms with Gasteiger partial charge >= 0.3 is 0 Å². The number of benzene rings is 2. The van der Waals surface area contributed by atoms with Crippen molar-refractivity contribution in [2.75, 3.05) is 11.9 Å². The lowest BCUT2D eigenvalue weighted by atomic mass is 9.92. The average molecular weight is 262 g/mol. The highest BCUT2D eigenvalue weighted by molar-refractivity contribution is 6.33. The van der Waals surface area contributed by atoms with Crippen LogP contribution in [0.4, 0.5) is 5.69 Å². The van der Waals surface area contributed by atoms with Crippen LogP contribution in [0.1, 0.15) is 12.5 Å². The van der Waals surface area contributed by atoms with Gasteiger partial charge in [0, 0.05) is 0 Å². The molecule has 2 aromatic rings. The lowest BCUT2D eigenvalue weighted by Gasteiger charge is -2.31. The van der Waals surface area contributed by atoms with Gasteiger partial charge in [-0.25, -0.2) is 0 Å². The van der Waals surface area contributed by atoms with Crippen LogP contribution in [0.2, 0.25) is 5.02 Å². The number of aliphatic hydroxyl groups is 1. The standard InChI is InChI=1S/C15H16ClNO/c1-15(11-18,12-7-3-2-4-8-12)17-14-10-6-5-9-13(14)16/h2-10,17-18H,11H2,1H3. The molecule has 3 heteroatoms. The molecular weight excluding hydrogens is 246 g/mol. The Morgan fingerprint density at radius 2 is 1.67 bits per heavy atom. The third-order valence-electron chi connectivity index (χ3n) is 3.01. The first-order chi connectivity index (χ1) is 8.65. The normalized spacial score (nSPS) is 13.9. The largest absolute Gasteiger partial charge is 0.394 e. The Morgan fingerprint density at radius 1 is 1.06 bits per heavy atom. The predicted molar refractivity (Wildman–Crippen MR) is 76.0 cm³/mol. The number of nitrogens with one attached hydrogen (secondary N) is 1. The van der Waals surface area contributed by atoms with Gasteiger partial charge in [-0.1, -0.05) is 54.1 Å². The molecule has 2 N–H and O–H groups in total. The molecule has 0 spiro atoms. The minimum Gasteiger partial charge on any atom is -0.394 e. The van der Waals surface area contributed by atoms with Gasteiger partial charge in [-0.3, -0.25) is 0 Å². The lowest BCUT2D eigenvalue weighted by molar-refractivity contribution is 0.224. The first-order valence-corrected chi connectivity index (χ1v) is 6.22. The highest BCUT2D eigenvalue weighted by Gasteiger charge is 2.25. The van der Waals surface area contributed by atoms with Crippen molar-refractivity contribution in [3.63, 3.8) is 0 Å². The molecule has 0 aliphatic rings. The lowest BCUT2D eigenvalue weighted by Crippen LogP contribution is -2.35. The first-order valence-electron chi connectivity index (χ1n) is 5.85. The van der Waals surface area contributed by atoms with E-state index in [-0.39, 0.29) is 6.61 Å². The van der Waals surface area contributed by atoms with E-state index in [9.17, 15) is 5.11 Å². The maximum atomic E-state index is 9.69. The van der Waals surface area contributed by atoms with E-state index in [1.54, 1.807) is 0 Å². The van der Waals surface area contributed by atoms with Gasteiger partial charge in [-0.05, 0) is 24.6 Å². The molecule has 18 heavy (non-hydrogen) atoms. The van der Waals surface area contributed by atoms with Crippen LogP contribution >= 0.6 is 11.6 Å². The van der Waals surface area contributed by atoms with Gasteiger partial charge in [-0.15, -0.1) is 0 Å². The predicted octanol–water partition coefficient (Wildman–Crippen LogP) is 3.66. The van der Waals surface area contributed by atoms with Crippen molar-refractivity contribution < 1.29 is 5.11 Å². The van der Waals surface area contributed by atoms with Gasteiger partial charge in [0.1, 0.15) is 0 Å². The van der Waals surface area contributed by atoms with Crippen molar-refractivity contribution in [1.29, 1.82) is 0 Å². The second kappa shape index (κ2) is 5.42. The van der Waals surface area contributed by atoms with Crippen LogP contribution in [0.15, 0.2) is 54.6 Å². The average Bonchev–Trinajstić information content (AvgIpc) is 2.42. The molecule has 0 fully saturated rings. The zero-order chi connectivity index (χ0) is 13.0. The number of rotatable bonds is 4. The Balaban J connectivity index is 2.32. The smallest absolute Gasteiger partial charge is 0.0828 e. The summed E-state index contributed by atoms with van der Waals surface area (Å²) in [5, 5.41) is 13.6. The minimum atomic E-state index is -0.549. The highest BCUT2D eigenvalue weighted by Crippen LogP contribution is 2.29. The second-order valence-corrected chi connectivity index (χ2v) is 4.87. The number of anilines is 1. The SMILES string of the molecule is CC(CO)(Nc1ccccc1Cl)c1ccccc1. The molecule has 0 heterocycles. The maximum absolute atomic E-state index is 9.69. The maximum Gasteiger partial charge on any atom is 0.0828 e. The Bertz CT molecular complexity index is 515. The third-order valence-corrected chi connectivity index (χ3v) is 3.34. The topological polar surface area (TPSA) is 32.3 Å². The van der Waals surface area contributed by atoms with E-state index in [2.05, 4.69) is 5.32 Å². The zero-order valence-electron chi connectivity index (χ0n) is 10.2. The molecule has 2 rings (SSSR count). The molecule has 0 aliphatic carbocycles. The van der Waals surface area contributed by atoms with Crippen LogP contribution < -0.4 is 5.32 Å². The summed E-state index contributed by atoms with van der Waals surface area (Å²) in [7, 11) is 0. The van der Waals surface area contributed by atoms with Crippen molar-refractivity contribution in [1.82, 2.24) is 0 Å². The summed E-state index contributed by atoms with van der Waals surface area (Å²) < 4.78 is 0. The number of hydrogen-bond donors (Lipinski definition) is 2. The molecule has 0 bridgehead atoms. The van der Waals surface area contributed by atoms with Gasteiger partial charge < -0.3 is 10.4 Å². The van der Waals surface area contributed by atoms with Gasteiger partial charge in [0.05, 0.1) is 22.9 Å². The van der Waals surface area contributed by atoms with E-state index < -0.39 is 5.54 Å². The molecule has 0 amide bonds. The fraction of sp³-hybridized carbons (Fsp3) is 0.200. The number of hydrogen-bond acceptors (Lipinski definition) is 2. The molecule has 0 saturated carbocycles. The Kier molecular flexibility index (Phi) is 3.90. The fourth-order valence-electron chi connectivity index (χ4n) is 1.87. The van der Waals surface area contributed by atoms with Crippen molar-refractivity contribution in [3.8, 4) is 0 Å². The highest BCUT2D eigenvalue weighted by atomic mass is 35.5. The van der Waals surface area contributed by atoms with Crippen molar-refractivity contribution in [2.45, 2.75) is 12.5 Å². The number of para-hydroxylation sites is 1. The van der Waals surface area contributed by atoms with Gasteiger partial charge in [0.15, 0.2) is 0 Å². The monoisotopic (exact) mass is 261 g/mol. The second-order valence-electron chi connectivity index (χ2n) is 4.46. The zero-order valence-corrected chi connectivity index (χ0v) is 11.0.